The molecule has 0 saturated heterocycles. The molecule has 2 rings (SSSR count). The fraction of sp³-hybridized carbons (Fsp3) is 0.154. The summed E-state index contributed by atoms with van der Waals surface area (Å²) in [6.07, 6.45) is 0. The van der Waals surface area contributed by atoms with Crippen molar-refractivity contribution in [2.24, 2.45) is 5.73 Å². The highest BCUT2D eigenvalue weighted by atomic mass is 19.1. The van der Waals surface area contributed by atoms with Gasteiger partial charge in [0.15, 0.2) is 0 Å². The lowest BCUT2D eigenvalue weighted by Crippen LogP contribution is -2.10. The van der Waals surface area contributed by atoms with Gasteiger partial charge >= 0.3 is 0 Å². The van der Waals surface area contributed by atoms with Crippen LogP contribution in [-0.2, 0) is 0 Å². The Labute approximate surface area is 104 Å². The van der Waals surface area contributed by atoms with Crippen LogP contribution in [0.15, 0.2) is 24.3 Å². The molecule has 0 atom stereocenters. The quantitative estimate of drug-likeness (QED) is 0.874. The normalized spacial score (nSPS) is 10.4. The number of hydrogen-bond acceptors (Lipinski definition) is 2. The Morgan fingerprint density at radius 1 is 1.39 bits per heavy atom. The summed E-state index contributed by atoms with van der Waals surface area (Å²) >= 11 is 0. The standard InChI is InChI=1S/C13H13FN2O2/c1-7-9(13(15)17)6-11(16-7)10-5-8(14)3-4-12(10)18-2/h3-6,16H,1-2H3,(H2,15,17). The molecule has 3 N–H and O–H groups in total. The van der Waals surface area contributed by atoms with Gasteiger partial charge in [0.05, 0.1) is 18.4 Å². The topological polar surface area (TPSA) is 68.1 Å². The summed E-state index contributed by atoms with van der Waals surface area (Å²) in [5.41, 5.74) is 7.41. The predicted octanol–water partition coefficient (Wildman–Crippen LogP) is 2.24. The molecule has 94 valence electrons. The predicted molar refractivity (Wildman–Crippen MR) is 66.0 cm³/mol. The van der Waals surface area contributed by atoms with Gasteiger partial charge in [-0.2, -0.15) is 0 Å². The number of primary amides is 1. The van der Waals surface area contributed by atoms with Gasteiger partial charge in [-0.3, -0.25) is 4.79 Å². The number of methoxy groups -OCH3 is 1. The Bertz CT molecular complexity index is 605. The van der Waals surface area contributed by atoms with E-state index in [1.165, 1.54) is 25.3 Å². The van der Waals surface area contributed by atoms with E-state index in [-0.39, 0.29) is 5.82 Å². The van der Waals surface area contributed by atoms with E-state index in [2.05, 4.69) is 4.98 Å². The van der Waals surface area contributed by atoms with E-state index in [0.717, 1.165) is 0 Å². The number of H-pyrrole nitrogens is 1. The fourth-order valence-corrected chi connectivity index (χ4v) is 1.85. The summed E-state index contributed by atoms with van der Waals surface area (Å²) in [7, 11) is 1.50. The molecule has 0 aliphatic rings. The number of ether oxygens (including phenoxy) is 1. The maximum atomic E-state index is 13.3. The number of aromatic nitrogens is 1. The lowest BCUT2D eigenvalue weighted by molar-refractivity contribution is 0.1000. The molecule has 1 aromatic heterocycles. The lowest BCUT2D eigenvalue weighted by Gasteiger charge is -2.06. The van der Waals surface area contributed by atoms with Gasteiger partial charge < -0.3 is 15.5 Å². The molecule has 4 nitrogen and oxygen atoms in total. The van der Waals surface area contributed by atoms with Crippen molar-refractivity contribution in [3.05, 3.63) is 41.3 Å². The van der Waals surface area contributed by atoms with Crippen molar-refractivity contribution in [3.8, 4) is 17.0 Å². The second kappa shape index (κ2) is 4.52. The molecule has 1 amide bonds. The summed E-state index contributed by atoms with van der Waals surface area (Å²) in [5, 5.41) is 0. The number of benzene rings is 1. The van der Waals surface area contributed by atoms with Crippen LogP contribution < -0.4 is 10.5 Å². The minimum absolute atomic E-state index is 0.376. The first kappa shape index (κ1) is 12.2. The summed E-state index contributed by atoms with van der Waals surface area (Å²) in [6.45, 7) is 1.73. The molecule has 1 aromatic carbocycles. The molecule has 18 heavy (non-hydrogen) atoms. The molecule has 0 radical (unpaired) electrons. The minimum atomic E-state index is -0.523. The molecular formula is C13H13FN2O2. The van der Waals surface area contributed by atoms with Gasteiger partial charge in [0.25, 0.3) is 5.91 Å². The van der Waals surface area contributed by atoms with E-state index in [4.69, 9.17) is 10.5 Å². The third-order valence-electron chi connectivity index (χ3n) is 2.73. The summed E-state index contributed by atoms with van der Waals surface area (Å²) < 4.78 is 18.4. The Morgan fingerprint density at radius 3 is 2.67 bits per heavy atom. The van der Waals surface area contributed by atoms with Crippen LogP contribution in [0.25, 0.3) is 11.3 Å². The zero-order chi connectivity index (χ0) is 13.3. The minimum Gasteiger partial charge on any atom is -0.496 e. The molecule has 0 aliphatic carbocycles. The van der Waals surface area contributed by atoms with Crippen LogP contribution in [-0.4, -0.2) is 18.0 Å². The van der Waals surface area contributed by atoms with Crippen LogP contribution in [0.3, 0.4) is 0 Å². The highest BCUT2D eigenvalue weighted by Crippen LogP contribution is 2.31. The van der Waals surface area contributed by atoms with Crippen LogP contribution in [0.4, 0.5) is 4.39 Å². The number of aryl methyl sites for hydroxylation is 1. The first-order valence-corrected chi connectivity index (χ1v) is 5.36. The smallest absolute Gasteiger partial charge is 0.250 e. The van der Waals surface area contributed by atoms with Gasteiger partial charge in [-0.05, 0) is 31.2 Å². The molecule has 1 heterocycles. The molecule has 2 aromatic rings. The number of rotatable bonds is 3. The van der Waals surface area contributed by atoms with Crippen molar-refractivity contribution < 1.29 is 13.9 Å². The number of carbonyl (C=O) groups excluding carboxylic acids is 1. The SMILES string of the molecule is COc1ccc(F)cc1-c1cc(C(N)=O)c(C)[nH]1. The number of amides is 1. The van der Waals surface area contributed by atoms with Gasteiger partial charge in [0.2, 0.25) is 0 Å². The molecule has 0 saturated carbocycles. The molecule has 0 bridgehead atoms. The summed E-state index contributed by atoms with van der Waals surface area (Å²) in [5.74, 6) is -0.377. The average molecular weight is 248 g/mol. The van der Waals surface area contributed by atoms with Gasteiger partial charge in [-0.1, -0.05) is 0 Å². The third-order valence-corrected chi connectivity index (χ3v) is 2.73. The number of carbonyl (C=O) groups is 1. The van der Waals surface area contributed by atoms with Gasteiger partial charge in [0.1, 0.15) is 11.6 Å². The molecule has 0 spiro atoms. The van der Waals surface area contributed by atoms with Crippen LogP contribution in [0.1, 0.15) is 16.1 Å². The Hall–Kier alpha value is -2.30. The van der Waals surface area contributed by atoms with Crippen molar-refractivity contribution in [3.63, 3.8) is 0 Å². The van der Waals surface area contributed by atoms with Crippen molar-refractivity contribution >= 4 is 5.91 Å². The highest BCUT2D eigenvalue weighted by Gasteiger charge is 2.14. The number of nitrogens with two attached hydrogens (primary N) is 1. The van der Waals surface area contributed by atoms with Crippen molar-refractivity contribution in [1.29, 1.82) is 0 Å². The fourth-order valence-electron chi connectivity index (χ4n) is 1.85. The van der Waals surface area contributed by atoms with Crippen LogP contribution in [0.2, 0.25) is 0 Å². The van der Waals surface area contributed by atoms with Crippen LogP contribution in [0, 0.1) is 12.7 Å². The summed E-state index contributed by atoms with van der Waals surface area (Å²) in [4.78, 5) is 14.2. The zero-order valence-corrected chi connectivity index (χ0v) is 10.1. The summed E-state index contributed by atoms with van der Waals surface area (Å²) in [6, 6.07) is 5.78. The third kappa shape index (κ3) is 2.07. The molecule has 5 heteroatoms. The van der Waals surface area contributed by atoms with Crippen molar-refractivity contribution in [1.82, 2.24) is 4.98 Å². The second-order valence-electron chi connectivity index (χ2n) is 3.93. The van der Waals surface area contributed by atoms with E-state index < -0.39 is 5.91 Å². The van der Waals surface area contributed by atoms with Gasteiger partial charge in [-0.25, -0.2) is 4.39 Å². The molecule has 0 unspecified atom stereocenters. The van der Waals surface area contributed by atoms with Crippen LogP contribution >= 0.6 is 0 Å². The van der Waals surface area contributed by atoms with E-state index >= 15 is 0 Å². The van der Waals surface area contributed by atoms with E-state index in [0.29, 0.717) is 28.3 Å². The number of hydrogen-bond donors (Lipinski definition) is 2. The Kier molecular flexibility index (Phi) is 3.06. The Balaban J connectivity index is 2.58. The molecular weight excluding hydrogens is 235 g/mol. The number of nitrogens with one attached hydrogen (secondary N) is 1. The highest BCUT2D eigenvalue weighted by molar-refractivity contribution is 5.95. The van der Waals surface area contributed by atoms with E-state index in [1.54, 1.807) is 13.0 Å². The first-order valence-electron chi connectivity index (χ1n) is 5.36. The van der Waals surface area contributed by atoms with E-state index in [9.17, 15) is 9.18 Å². The molecule has 0 aliphatic heterocycles. The first-order chi connectivity index (χ1) is 8.52. The number of aromatic amines is 1. The van der Waals surface area contributed by atoms with Crippen LogP contribution in [0.5, 0.6) is 5.75 Å². The second-order valence-corrected chi connectivity index (χ2v) is 3.93. The zero-order valence-electron chi connectivity index (χ0n) is 10.1. The van der Waals surface area contributed by atoms with Crippen molar-refractivity contribution in [2.45, 2.75) is 6.92 Å². The van der Waals surface area contributed by atoms with Gasteiger partial charge in [0, 0.05) is 11.3 Å². The maximum absolute atomic E-state index is 13.3. The average Bonchev–Trinajstić information content (AvgIpc) is 2.71. The molecule has 0 fully saturated rings. The lowest BCUT2D eigenvalue weighted by atomic mass is 10.1. The van der Waals surface area contributed by atoms with Crippen molar-refractivity contribution in [2.75, 3.05) is 7.11 Å². The monoisotopic (exact) mass is 248 g/mol. The number of halogens is 1. The largest absolute Gasteiger partial charge is 0.496 e. The maximum Gasteiger partial charge on any atom is 0.250 e. The van der Waals surface area contributed by atoms with E-state index in [1.807, 2.05) is 0 Å². The van der Waals surface area contributed by atoms with Gasteiger partial charge in [-0.15, -0.1) is 0 Å². The Morgan fingerprint density at radius 2 is 2.11 bits per heavy atom.